The largest absolute Gasteiger partial charge is 0.477 e. The molecule has 0 aliphatic heterocycles. The molecule has 7 heteroatoms. The number of carboxylic acids is 1. The van der Waals surface area contributed by atoms with E-state index in [0.29, 0.717) is 25.6 Å². The van der Waals surface area contributed by atoms with Gasteiger partial charge in [-0.05, 0) is 19.1 Å². The maximum Gasteiger partial charge on any atom is 0.347 e. The third kappa shape index (κ3) is 2.08. The Morgan fingerprint density at radius 2 is 2.10 bits per heavy atom. The summed E-state index contributed by atoms with van der Waals surface area (Å²) in [4.78, 5) is 16.4. The van der Waals surface area contributed by atoms with Crippen molar-refractivity contribution < 1.29 is 9.90 Å². The number of rotatable bonds is 2. The fraction of sp³-hybridized carbons (Fsp3) is 0.0769. The second-order valence-corrected chi connectivity index (χ2v) is 6.02. The zero-order chi connectivity index (χ0) is 14.4. The molecule has 0 amide bonds. The van der Waals surface area contributed by atoms with E-state index in [4.69, 9.17) is 28.3 Å². The monoisotopic (exact) mass is 326 g/mol. The van der Waals surface area contributed by atoms with Crippen LogP contribution in [0.3, 0.4) is 0 Å². The Morgan fingerprint density at radius 1 is 1.35 bits per heavy atom. The maximum absolute atomic E-state index is 11.1. The van der Waals surface area contributed by atoms with Gasteiger partial charge < -0.3 is 5.11 Å². The molecule has 0 aliphatic rings. The fourth-order valence-corrected chi connectivity index (χ4v) is 3.19. The first-order chi connectivity index (χ1) is 9.47. The Hall–Kier alpha value is -1.56. The normalized spacial score (nSPS) is 11.2. The lowest BCUT2D eigenvalue weighted by Gasteiger charge is -1.99. The number of aromatic carboxylic acids is 1. The lowest BCUT2D eigenvalue weighted by atomic mass is 10.2. The van der Waals surface area contributed by atoms with Crippen molar-refractivity contribution in [2.45, 2.75) is 6.92 Å². The quantitative estimate of drug-likeness (QED) is 0.760. The van der Waals surface area contributed by atoms with Gasteiger partial charge in [-0.15, -0.1) is 0 Å². The van der Waals surface area contributed by atoms with Crippen molar-refractivity contribution in [2.75, 3.05) is 0 Å². The van der Waals surface area contributed by atoms with Gasteiger partial charge in [0.1, 0.15) is 4.88 Å². The van der Waals surface area contributed by atoms with Gasteiger partial charge in [-0.1, -0.05) is 40.6 Å². The maximum atomic E-state index is 11.1. The number of hydrogen-bond donors (Lipinski definition) is 1. The molecular formula is C13H8Cl2N2O2S. The third-order valence-electron chi connectivity index (χ3n) is 2.97. The summed E-state index contributed by atoms with van der Waals surface area (Å²) in [6.45, 7) is 1.76. The molecule has 1 N–H and O–H groups in total. The van der Waals surface area contributed by atoms with Crippen LogP contribution in [-0.4, -0.2) is 20.5 Å². The predicted octanol–water partition coefficient (Wildman–Crippen LogP) is 4.38. The summed E-state index contributed by atoms with van der Waals surface area (Å²) in [6, 6.07) is 5.28. The standard InChI is InChI=1S/C13H8Cl2N2O2S/c1-6-11(12(18)19)20-13-16-10(5-17(6)13)7-2-3-8(14)9(15)4-7/h2-5H,1H3,(H,18,19). The van der Waals surface area contributed by atoms with Crippen LogP contribution in [0.4, 0.5) is 0 Å². The number of imidazole rings is 1. The smallest absolute Gasteiger partial charge is 0.347 e. The molecule has 3 rings (SSSR count). The Morgan fingerprint density at radius 3 is 2.70 bits per heavy atom. The molecule has 4 nitrogen and oxygen atoms in total. The van der Waals surface area contributed by atoms with Gasteiger partial charge in [-0.25, -0.2) is 9.78 Å². The molecule has 1 aromatic carbocycles. The van der Waals surface area contributed by atoms with Crippen LogP contribution in [0.2, 0.25) is 10.0 Å². The average molecular weight is 327 g/mol. The first-order valence-corrected chi connectivity index (χ1v) is 7.22. The van der Waals surface area contributed by atoms with E-state index < -0.39 is 5.97 Å². The van der Waals surface area contributed by atoms with Gasteiger partial charge in [0.15, 0.2) is 4.96 Å². The van der Waals surface area contributed by atoms with Gasteiger partial charge in [-0.2, -0.15) is 0 Å². The number of aryl methyl sites for hydroxylation is 1. The van der Waals surface area contributed by atoms with Crippen LogP contribution in [-0.2, 0) is 0 Å². The molecule has 0 saturated heterocycles. The van der Waals surface area contributed by atoms with Gasteiger partial charge in [0.2, 0.25) is 0 Å². The first kappa shape index (κ1) is 13.4. The molecule has 102 valence electrons. The van der Waals surface area contributed by atoms with Crippen LogP contribution < -0.4 is 0 Å². The Balaban J connectivity index is 2.14. The number of carbonyl (C=O) groups is 1. The summed E-state index contributed by atoms with van der Waals surface area (Å²) >= 11 is 13.0. The summed E-state index contributed by atoms with van der Waals surface area (Å²) in [7, 11) is 0. The van der Waals surface area contributed by atoms with E-state index in [0.717, 1.165) is 22.6 Å². The van der Waals surface area contributed by atoms with E-state index in [-0.39, 0.29) is 0 Å². The fourth-order valence-electron chi connectivity index (χ4n) is 1.94. The Bertz CT molecular complexity index is 838. The molecule has 2 aromatic heterocycles. The van der Waals surface area contributed by atoms with Crippen LogP contribution in [0.5, 0.6) is 0 Å². The number of aromatic nitrogens is 2. The second kappa shape index (κ2) is 4.77. The molecule has 0 saturated carbocycles. The van der Waals surface area contributed by atoms with Crippen LogP contribution in [0.15, 0.2) is 24.4 Å². The van der Waals surface area contributed by atoms with Crippen molar-refractivity contribution >= 4 is 45.5 Å². The molecule has 3 aromatic rings. The van der Waals surface area contributed by atoms with Gasteiger partial charge >= 0.3 is 5.97 Å². The number of benzene rings is 1. The number of fused-ring (bicyclic) bond motifs is 1. The van der Waals surface area contributed by atoms with Gasteiger partial charge in [0.25, 0.3) is 0 Å². The second-order valence-electron chi connectivity index (χ2n) is 4.23. The van der Waals surface area contributed by atoms with Crippen LogP contribution in [0.1, 0.15) is 15.4 Å². The number of nitrogens with zero attached hydrogens (tertiary/aromatic N) is 2. The lowest BCUT2D eigenvalue weighted by molar-refractivity contribution is 0.0701. The zero-order valence-corrected chi connectivity index (χ0v) is 12.6. The highest BCUT2D eigenvalue weighted by atomic mass is 35.5. The number of thiazole rings is 1. The summed E-state index contributed by atoms with van der Waals surface area (Å²) in [5.74, 6) is -0.936. The highest BCUT2D eigenvalue weighted by molar-refractivity contribution is 7.19. The molecule has 0 unspecified atom stereocenters. The highest BCUT2D eigenvalue weighted by Crippen LogP contribution is 2.30. The zero-order valence-electron chi connectivity index (χ0n) is 10.2. The molecule has 2 heterocycles. The summed E-state index contributed by atoms with van der Waals surface area (Å²) in [5.41, 5.74) is 2.23. The van der Waals surface area contributed by atoms with Crippen molar-refractivity contribution in [1.29, 1.82) is 0 Å². The van der Waals surface area contributed by atoms with Gasteiger partial charge in [0, 0.05) is 17.5 Å². The predicted molar refractivity (Wildman–Crippen MR) is 80.2 cm³/mol. The van der Waals surface area contributed by atoms with E-state index in [9.17, 15) is 4.79 Å². The number of carboxylic acid groups (broad SMARTS) is 1. The van der Waals surface area contributed by atoms with Crippen molar-refractivity contribution in [2.24, 2.45) is 0 Å². The van der Waals surface area contributed by atoms with Crippen molar-refractivity contribution in [3.8, 4) is 11.3 Å². The summed E-state index contributed by atoms with van der Waals surface area (Å²) in [5, 5.41) is 10.0. The van der Waals surface area contributed by atoms with Crippen LogP contribution >= 0.6 is 34.5 Å². The minimum absolute atomic E-state index is 0.299. The van der Waals surface area contributed by atoms with Crippen LogP contribution in [0.25, 0.3) is 16.2 Å². The molecule has 0 bridgehead atoms. The minimum atomic E-state index is -0.936. The topological polar surface area (TPSA) is 54.6 Å². The number of halogens is 2. The van der Waals surface area contributed by atoms with Crippen LogP contribution in [0, 0.1) is 6.92 Å². The van der Waals surface area contributed by atoms with Gasteiger partial charge in [0.05, 0.1) is 15.7 Å². The van der Waals surface area contributed by atoms with E-state index in [1.807, 2.05) is 6.07 Å². The van der Waals surface area contributed by atoms with E-state index >= 15 is 0 Å². The van der Waals surface area contributed by atoms with Gasteiger partial charge in [-0.3, -0.25) is 4.40 Å². The third-order valence-corrected chi connectivity index (χ3v) is 4.85. The Labute approximate surface area is 128 Å². The highest BCUT2D eigenvalue weighted by Gasteiger charge is 2.17. The van der Waals surface area contributed by atoms with Crippen molar-refractivity contribution in [1.82, 2.24) is 9.38 Å². The minimum Gasteiger partial charge on any atom is -0.477 e. The molecule has 0 spiro atoms. The SMILES string of the molecule is Cc1c(C(=O)O)sc2nc(-c3ccc(Cl)c(Cl)c3)cn12. The summed E-state index contributed by atoms with van der Waals surface area (Å²) in [6.07, 6.45) is 1.80. The molecular weight excluding hydrogens is 319 g/mol. The molecule has 20 heavy (non-hydrogen) atoms. The molecule has 0 radical (unpaired) electrons. The molecule has 0 aliphatic carbocycles. The van der Waals surface area contributed by atoms with E-state index in [2.05, 4.69) is 4.98 Å². The summed E-state index contributed by atoms with van der Waals surface area (Å²) < 4.78 is 1.77. The molecule has 0 atom stereocenters. The average Bonchev–Trinajstić information content (AvgIpc) is 2.93. The Kier molecular flexibility index (Phi) is 3.20. The van der Waals surface area contributed by atoms with Crippen molar-refractivity contribution in [3.05, 3.63) is 45.0 Å². The van der Waals surface area contributed by atoms with E-state index in [1.165, 1.54) is 0 Å². The van der Waals surface area contributed by atoms with Crippen molar-refractivity contribution in [3.63, 3.8) is 0 Å². The lowest BCUT2D eigenvalue weighted by Crippen LogP contribution is -1.96. The first-order valence-electron chi connectivity index (χ1n) is 5.64. The molecule has 0 fully saturated rings. The van der Waals surface area contributed by atoms with E-state index in [1.54, 1.807) is 29.7 Å². The number of hydrogen-bond acceptors (Lipinski definition) is 3.